The van der Waals surface area contributed by atoms with Crippen LogP contribution in [0.3, 0.4) is 0 Å². The van der Waals surface area contributed by atoms with Gasteiger partial charge in [0, 0.05) is 6.42 Å². The molecular formula is C52H97NO18. The third-order valence-electron chi connectivity index (χ3n) is 14.1. The lowest BCUT2D eigenvalue weighted by Gasteiger charge is -2.48. The van der Waals surface area contributed by atoms with Crippen LogP contribution >= 0.6 is 0 Å². The van der Waals surface area contributed by atoms with E-state index in [0.29, 0.717) is 12.8 Å². The van der Waals surface area contributed by atoms with Crippen molar-refractivity contribution >= 4 is 5.91 Å². The molecule has 17 atom stereocenters. The van der Waals surface area contributed by atoms with Crippen LogP contribution in [0.4, 0.5) is 0 Å². The minimum atomic E-state index is -1.97. The van der Waals surface area contributed by atoms with Crippen molar-refractivity contribution in [1.82, 2.24) is 5.32 Å². The molecule has 3 rings (SSSR count). The lowest BCUT2D eigenvalue weighted by atomic mass is 9.96. The molecule has 0 spiro atoms. The number of nitrogens with one attached hydrogen (secondary N) is 1. The Morgan fingerprint density at radius 2 is 0.873 bits per heavy atom. The van der Waals surface area contributed by atoms with E-state index in [0.717, 1.165) is 32.1 Å². The molecule has 3 saturated heterocycles. The fourth-order valence-corrected chi connectivity index (χ4v) is 9.47. The molecule has 19 heteroatoms. The van der Waals surface area contributed by atoms with Crippen molar-refractivity contribution in [2.45, 2.75) is 285 Å². The average Bonchev–Trinajstić information content (AvgIpc) is 3.37. The smallest absolute Gasteiger partial charge is 0.220 e. The number of aliphatic hydroxyl groups is 11. The van der Waals surface area contributed by atoms with Crippen LogP contribution in [0.1, 0.15) is 181 Å². The summed E-state index contributed by atoms with van der Waals surface area (Å²) in [6.07, 6.45) is 7.42. The molecule has 3 aliphatic heterocycles. The molecule has 12 N–H and O–H groups in total. The van der Waals surface area contributed by atoms with E-state index < -0.39 is 124 Å². The maximum absolute atomic E-state index is 13.1. The van der Waals surface area contributed by atoms with Crippen LogP contribution in [-0.2, 0) is 33.2 Å². The van der Waals surface area contributed by atoms with E-state index in [1.807, 2.05) is 13.0 Å². The van der Waals surface area contributed by atoms with Gasteiger partial charge in [-0.15, -0.1) is 0 Å². The molecule has 3 fully saturated rings. The number of hydrogen-bond donors (Lipinski definition) is 12. The lowest BCUT2D eigenvalue weighted by molar-refractivity contribution is -0.379. The Balaban J connectivity index is 1.39. The number of amides is 1. The molecule has 0 aromatic heterocycles. The summed E-state index contributed by atoms with van der Waals surface area (Å²) in [5.74, 6) is -0.283. The van der Waals surface area contributed by atoms with Crippen molar-refractivity contribution in [3.05, 3.63) is 12.2 Å². The van der Waals surface area contributed by atoms with Gasteiger partial charge in [0.05, 0.1) is 38.6 Å². The SMILES string of the molecule is CCCC/C=C/C(O)C(COC1OC(CO)C(OC2OC(CO)C(OC3OC(CO)C(O)C(O)C3O)C(O)C2O)C(O)C1O)NC(=O)CCCCCCCCCCCCCCCCCCCCCCCC. The summed E-state index contributed by atoms with van der Waals surface area (Å²) in [5.41, 5.74) is 0. The Morgan fingerprint density at radius 1 is 0.493 bits per heavy atom. The van der Waals surface area contributed by atoms with E-state index in [4.69, 9.17) is 28.4 Å². The van der Waals surface area contributed by atoms with Crippen molar-refractivity contribution in [1.29, 1.82) is 0 Å². The largest absolute Gasteiger partial charge is 0.394 e. The van der Waals surface area contributed by atoms with Crippen LogP contribution in [0.15, 0.2) is 12.2 Å². The number of ether oxygens (including phenoxy) is 6. The maximum Gasteiger partial charge on any atom is 0.220 e. The second-order valence-electron chi connectivity index (χ2n) is 20.1. The molecule has 71 heavy (non-hydrogen) atoms. The highest BCUT2D eigenvalue weighted by atomic mass is 16.8. The molecule has 0 saturated carbocycles. The van der Waals surface area contributed by atoms with Gasteiger partial charge in [-0.25, -0.2) is 0 Å². The lowest BCUT2D eigenvalue weighted by Crippen LogP contribution is -2.66. The Bertz CT molecular complexity index is 1360. The Morgan fingerprint density at radius 3 is 1.31 bits per heavy atom. The van der Waals surface area contributed by atoms with Gasteiger partial charge in [-0.1, -0.05) is 174 Å². The van der Waals surface area contributed by atoms with E-state index in [-0.39, 0.29) is 18.9 Å². The highest BCUT2D eigenvalue weighted by molar-refractivity contribution is 5.76. The summed E-state index contributed by atoms with van der Waals surface area (Å²) in [4.78, 5) is 13.1. The Kier molecular flexibility index (Phi) is 33.5. The van der Waals surface area contributed by atoms with E-state index in [1.165, 1.54) is 116 Å². The molecule has 0 aromatic rings. The van der Waals surface area contributed by atoms with E-state index in [2.05, 4.69) is 12.2 Å². The Labute approximate surface area is 423 Å². The van der Waals surface area contributed by atoms with Gasteiger partial charge in [0.15, 0.2) is 18.9 Å². The second-order valence-corrected chi connectivity index (χ2v) is 20.1. The molecule has 19 nitrogen and oxygen atoms in total. The molecular weight excluding hydrogens is 927 g/mol. The van der Waals surface area contributed by atoms with E-state index in [9.17, 15) is 61.0 Å². The summed E-state index contributed by atoms with van der Waals surface area (Å²) < 4.78 is 34.0. The normalized spacial score (nSPS) is 32.3. The van der Waals surface area contributed by atoms with Gasteiger partial charge < -0.3 is 89.9 Å². The van der Waals surface area contributed by atoms with Crippen LogP contribution in [0.25, 0.3) is 0 Å². The summed E-state index contributed by atoms with van der Waals surface area (Å²) in [5, 5.41) is 119. The zero-order chi connectivity index (χ0) is 52.0. The summed E-state index contributed by atoms with van der Waals surface area (Å²) in [6.45, 7) is 1.55. The zero-order valence-electron chi connectivity index (χ0n) is 43.0. The monoisotopic (exact) mass is 1020 g/mol. The van der Waals surface area contributed by atoms with Gasteiger partial charge in [-0.3, -0.25) is 4.79 Å². The molecule has 1 amide bonds. The molecule has 3 aliphatic rings. The number of carbonyl (C=O) groups excluding carboxylic acids is 1. The maximum atomic E-state index is 13.1. The van der Waals surface area contributed by atoms with Crippen LogP contribution in [0.2, 0.25) is 0 Å². The molecule has 0 aliphatic carbocycles. The molecule has 0 bridgehead atoms. The van der Waals surface area contributed by atoms with Crippen molar-refractivity contribution in [3.63, 3.8) is 0 Å². The number of carbonyl (C=O) groups is 1. The van der Waals surface area contributed by atoms with Gasteiger partial charge in [0.1, 0.15) is 73.2 Å². The predicted octanol–water partition coefficient (Wildman–Crippen LogP) is 3.04. The standard InChI is InChI=1S/C52H97NO18/c1-3-5-7-9-10-11-12-13-14-15-16-17-18-19-20-21-22-23-24-25-26-28-30-40(58)53-35(36(57)29-27-8-6-4-2)34-66-50-46(64)43(61)48(38(32-55)68-50)71-52-47(65)44(62)49(39(33-56)69-52)70-51-45(63)42(60)41(59)37(31-54)67-51/h27,29,35-39,41-52,54-57,59-65H,3-26,28,30-34H2,1-2H3,(H,53,58)/b29-27+. The van der Waals surface area contributed by atoms with Gasteiger partial charge in [0.2, 0.25) is 5.91 Å². The first-order valence-corrected chi connectivity index (χ1v) is 27.4. The topological polar surface area (TPSA) is 307 Å². The fraction of sp³-hybridized carbons (Fsp3) is 0.942. The molecule has 418 valence electrons. The number of rotatable bonds is 39. The van der Waals surface area contributed by atoms with Gasteiger partial charge in [-0.05, 0) is 12.8 Å². The van der Waals surface area contributed by atoms with Crippen LogP contribution in [0, 0.1) is 0 Å². The van der Waals surface area contributed by atoms with Gasteiger partial charge >= 0.3 is 0 Å². The molecule has 3 heterocycles. The predicted molar refractivity (Wildman–Crippen MR) is 263 cm³/mol. The highest BCUT2D eigenvalue weighted by Crippen LogP contribution is 2.33. The number of hydrogen-bond acceptors (Lipinski definition) is 18. The number of aliphatic hydroxyl groups excluding tert-OH is 11. The molecule has 0 aromatic carbocycles. The fourth-order valence-electron chi connectivity index (χ4n) is 9.47. The Hall–Kier alpha value is -1.47. The average molecular weight is 1020 g/mol. The minimum Gasteiger partial charge on any atom is -0.394 e. The van der Waals surface area contributed by atoms with Crippen LogP contribution in [0.5, 0.6) is 0 Å². The third-order valence-corrected chi connectivity index (χ3v) is 14.1. The third kappa shape index (κ3) is 22.7. The minimum absolute atomic E-state index is 0.246. The second kappa shape index (κ2) is 37.3. The first-order chi connectivity index (χ1) is 34.3. The molecule has 0 radical (unpaired) electrons. The van der Waals surface area contributed by atoms with Crippen molar-refractivity contribution in [2.24, 2.45) is 0 Å². The molecule has 17 unspecified atom stereocenters. The van der Waals surface area contributed by atoms with Gasteiger partial charge in [-0.2, -0.15) is 0 Å². The number of unbranched alkanes of at least 4 members (excludes halogenated alkanes) is 23. The van der Waals surface area contributed by atoms with E-state index >= 15 is 0 Å². The highest BCUT2D eigenvalue weighted by Gasteiger charge is 2.53. The van der Waals surface area contributed by atoms with Gasteiger partial charge in [0.25, 0.3) is 0 Å². The van der Waals surface area contributed by atoms with Crippen LogP contribution in [-0.4, -0.2) is 193 Å². The quantitative estimate of drug-likeness (QED) is 0.0311. The first-order valence-electron chi connectivity index (χ1n) is 27.4. The zero-order valence-corrected chi connectivity index (χ0v) is 43.0. The van der Waals surface area contributed by atoms with E-state index in [1.54, 1.807) is 6.08 Å². The summed E-state index contributed by atoms with van der Waals surface area (Å²) in [7, 11) is 0. The summed E-state index contributed by atoms with van der Waals surface area (Å²) >= 11 is 0. The van der Waals surface area contributed by atoms with Crippen molar-refractivity contribution < 1.29 is 89.4 Å². The van der Waals surface area contributed by atoms with Crippen molar-refractivity contribution in [3.8, 4) is 0 Å². The van der Waals surface area contributed by atoms with Crippen molar-refractivity contribution in [2.75, 3.05) is 26.4 Å². The number of allylic oxidation sites excluding steroid dienone is 1. The summed E-state index contributed by atoms with van der Waals surface area (Å²) in [6, 6.07) is -0.963. The van der Waals surface area contributed by atoms with Crippen LogP contribution < -0.4 is 5.32 Å². The first kappa shape index (κ1) is 63.8.